The number of hydrogen-bond acceptors (Lipinski definition) is 9. The van der Waals surface area contributed by atoms with Crippen LogP contribution in [0.25, 0.3) is 0 Å². The third-order valence-electron chi connectivity index (χ3n) is 4.63. The Hall–Kier alpha value is -4.29. The van der Waals surface area contributed by atoms with Gasteiger partial charge in [0.15, 0.2) is 18.2 Å². The number of carboxylic acids is 2. The minimum Gasteiger partial charge on any atom is -0.481 e. The Balaban J connectivity index is 1.56. The number of carbonyl (C=O) groups is 4. The molecule has 0 fully saturated rings. The standard InChI is InChI=1S/C19H21N7O6/c20-19-25-15-14(17(30)26-19)23-11(8-22-15)7-21-10-3-1-9(2-4-10)16(29)24-12(18(31)32)5-6-13(27)28/h1-4,8,12,14-15,21H,5-7H2,(H,24,29)(H,27,28)(H,31,32)(H3,20,25,26,30)/t12-,14+,15-/m0/s1. The SMILES string of the molecule is NC1=N[C@@H]2N=CC(CNc3ccc(C(=O)N[C@@H](CCC(=O)O)C(=O)O)cc3)=N[C@H]2C(=O)N1. The van der Waals surface area contributed by atoms with E-state index in [0.29, 0.717) is 11.4 Å². The Bertz CT molecular complexity index is 1020. The Kier molecular flexibility index (Phi) is 6.77. The Labute approximate surface area is 181 Å². The van der Waals surface area contributed by atoms with Crippen LogP contribution in [-0.2, 0) is 14.4 Å². The fourth-order valence-electron chi connectivity index (χ4n) is 2.99. The van der Waals surface area contributed by atoms with Crippen molar-refractivity contribution in [2.75, 3.05) is 11.9 Å². The molecule has 0 spiro atoms. The van der Waals surface area contributed by atoms with Crippen molar-refractivity contribution in [3.63, 3.8) is 0 Å². The minimum absolute atomic E-state index is 0.00543. The molecule has 32 heavy (non-hydrogen) atoms. The van der Waals surface area contributed by atoms with Crippen LogP contribution in [0.1, 0.15) is 23.2 Å². The maximum Gasteiger partial charge on any atom is 0.326 e. The molecule has 1 aromatic rings. The predicted molar refractivity (Wildman–Crippen MR) is 114 cm³/mol. The molecule has 0 aromatic heterocycles. The van der Waals surface area contributed by atoms with Crippen LogP contribution in [0.15, 0.2) is 39.2 Å². The van der Waals surface area contributed by atoms with Crippen LogP contribution in [0.4, 0.5) is 5.69 Å². The fourth-order valence-corrected chi connectivity index (χ4v) is 2.99. The number of carbonyl (C=O) groups excluding carboxylic acids is 2. The fraction of sp³-hybridized carbons (Fsp3) is 0.316. The van der Waals surface area contributed by atoms with Crippen molar-refractivity contribution in [2.24, 2.45) is 20.7 Å². The second-order valence-corrected chi connectivity index (χ2v) is 6.99. The molecular formula is C19H21N7O6. The largest absolute Gasteiger partial charge is 0.481 e. The highest BCUT2D eigenvalue weighted by Crippen LogP contribution is 2.14. The number of nitrogens with one attached hydrogen (secondary N) is 3. The summed E-state index contributed by atoms with van der Waals surface area (Å²) in [4.78, 5) is 58.6. The molecule has 13 nitrogen and oxygen atoms in total. The quantitative estimate of drug-likeness (QED) is 0.273. The topological polar surface area (TPSA) is 208 Å². The van der Waals surface area contributed by atoms with Crippen molar-refractivity contribution >= 4 is 47.3 Å². The Morgan fingerprint density at radius 3 is 2.53 bits per heavy atom. The molecule has 2 aliphatic heterocycles. The van der Waals surface area contributed by atoms with E-state index in [1.165, 1.54) is 18.3 Å². The van der Waals surface area contributed by atoms with Gasteiger partial charge in [0.05, 0.1) is 12.3 Å². The molecule has 168 valence electrons. The van der Waals surface area contributed by atoms with E-state index in [0.717, 1.165) is 0 Å². The lowest BCUT2D eigenvalue weighted by atomic mass is 10.1. The molecule has 0 saturated carbocycles. The lowest BCUT2D eigenvalue weighted by Crippen LogP contribution is -2.52. The zero-order valence-electron chi connectivity index (χ0n) is 16.7. The zero-order valence-corrected chi connectivity index (χ0v) is 16.7. The van der Waals surface area contributed by atoms with E-state index in [4.69, 9.17) is 15.9 Å². The average Bonchev–Trinajstić information content (AvgIpc) is 2.75. The molecule has 2 aliphatic rings. The first-order valence-corrected chi connectivity index (χ1v) is 9.56. The van der Waals surface area contributed by atoms with E-state index in [-0.39, 0.29) is 36.8 Å². The molecule has 0 radical (unpaired) electrons. The third kappa shape index (κ3) is 5.65. The molecule has 7 N–H and O–H groups in total. The molecule has 13 heteroatoms. The highest BCUT2D eigenvalue weighted by atomic mass is 16.4. The number of aliphatic imine (C=N–C) groups is 3. The summed E-state index contributed by atoms with van der Waals surface area (Å²) < 4.78 is 0. The van der Waals surface area contributed by atoms with Crippen LogP contribution >= 0.6 is 0 Å². The summed E-state index contributed by atoms with van der Waals surface area (Å²) in [6, 6.07) is 4.13. The minimum atomic E-state index is -1.31. The van der Waals surface area contributed by atoms with E-state index in [2.05, 4.69) is 30.9 Å². The van der Waals surface area contributed by atoms with Crippen LogP contribution in [0.5, 0.6) is 0 Å². The summed E-state index contributed by atoms with van der Waals surface area (Å²) in [7, 11) is 0. The summed E-state index contributed by atoms with van der Waals surface area (Å²) in [5.74, 6) is -3.46. The van der Waals surface area contributed by atoms with Crippen LogP contribution in [0.2, 0.25) is 0 Å². The van der Waals surface area contributed by atoms with Crippen molar-refractivity contribution < 1.29 is 29.4 Å². The van der Waals surface area contributed by atoms with Gasteiger partial charge in [-0.1, -0.05) is 0 Å². The number of fused-ring (bicyclic) bond motifs is 1. The van der Waals surface area contributed by atoms with Gasteiger partial charge >= 0.3 is 11.9 Å². The lowest BCUT2D eigenvalue weighted by Gasteiger charge is -2.25. The van der Waals surface area contributed by atoms with Gasteiger partial charge in [-0.3, -0.25) is 29.7 Å². The van der Waals surface area contributed by atoms with Crippen molar-refractivity contribution in [1.82, 2.24) is 10.6 Å². The third-order valence-corrected chi connectivity index (χ3v) is 4.63. The number of anilines is 1. The highest BCUT2D eigenvalue weighted by Gasteiger charge is 2.34. The van der Waals surface area contributed by atoms with Gasteiger partial charge in [0.25, 0.3) is 11.8 Å². The van der Waals surface area contributed by atoms with Gasteiger partial charge in [-0.2, -0.15) is 0 Å². The molecule has 0 aliphatic carbocycles. The molecule has 3 rings (SSSR count). The van der Waals surface area contributed by atoms with E-state index < -0.39 is 36.1 Å². The number of rotatable bonds is 9. The number of guanidine groups is 1. The molecule has 3 atom stereocenters. The first kappa shape index (κ1) is 22.4. The van der Waals surface area contributed by atoms with Gasteiger partial charge in [0.1, 0.15) is 6.04 Å². The molecule has 1 aromatic carbocycles. The first-order valence-electron chi connectivity index (χ1n) is 9.56. The monoisotopic (exact) mass is 443 g/mol. The van der Waals surface area contributed by atoms with E-state index >= 15 is 0 Å². The van der Waals surface area contributed by atoms with Gasteiger partial charge in [0, 0.05) is 23.9 Å². The van der Waals surface area contributed by atoms with Gasteiger partial charge < -0.3 is 26.6 Å². The summed E-state index contributed by atoms with van der Waals surface area (Å²) in [6.45, 7) is 0.265. The molecule has 2 heterocycles. The van der Waals surface area contributed by atoms with Gasteiger partial charge in [-0.25, -0.2) is 9.79 Å². The maximum absolute atomic E-state index is 12.3. The van der Waals surface area contributed by atoms with E-state index in [1.807, 2.05) is 0 Å². The van der Waals surface area contributed by atoms with Crippen molar-refractivity contribution in [3.05, 3.63) is 29.8 Å². The Morgan fingerprint density at radius 2 is 1.88 bits per heavy atom. The van der Waals surface area contributed by atoms with Gasteiger partial charge in [0.2, 0.25) is 0 Å². The van der Waals surface area contributed by atoms with Crippen molar-refractivity contribution in [3.8, 4) is 0 Å². The zero-order chi connectivity index (χ0) is 23.3. The van der Waals surface area contributed by atoms with E-state index in [1.54, 1.807) is 12.1 Å². The molecular weight excluding hydrogens is 422 g/mol. The van der Waals surface area contributed by atoms with Crippen LogP contribution in [-0.4, -0.2) is 76.6 Å². The number of nitrogens with zero attached hydrogens (tertiary/aromatic N) is 3. The van der Waals surface area contributed by atoms with Crippen LogP contribution in [0, 0.1) is 0 Å². The molecule has 2 amide bonds. The molecule has 0 saturated heterocycles. The second-order valence-electron chi connectivity index (χ2n) is 6.99. The summed E-state index contributed by atoms with van der Waals surface area (Å²) in [6.07, 6.45) is 0.234. The summed E-state index contributed by atoms with van der Waals surface area (Å²) >= 11 is 0. The first-order chi connectivity index (χ1) is 15.2. The lowest BCUT2D eigenvalue weighted by molar-refractivity contribution is -0.140. The number of benzene rings is 1. The molecule has 0 unspecified atom stereocenters. The van der Waals surface area contributed by atoms with Gasteiger partial charge in [-0.15, -0.1) is 0 Å². The number of amides is 2. The Morgan fingerprint density at radius 1 is 1.16 bits per heavy atom. The number of aliphatic carboxylic acids is 2. The normalized spacial score (nSPS) is 20.2. The van der Waals surface area contributed by atoms with Crippen LogP contribution < -0.4 is 21.7 Å². The number of hydrogen-bond donors (Lipinski definition) is 6. The van der Waals surface area contributed by atoms with Crippen LogP contribution in [0.3, 0.4) is 0 Å². The van der Waals surface area contributed by atoms with Gasteiger partial charge in [-0.05, 0) is 30.7 Å². The predicted octanol–water partition coefficient (Wildman–Crippen LogP) is -1.19. The highest BCUT2D eigenvalue weighted by molar-refractivity contribution is 6.33. The van der Waals surface area contributed by atoms with Crippen molar-refractivity contribution in [2.45, 2.75) is 31.1 Å². The molecule has 0 bridgehead atoms. The second kappa shape index (κ2) is 9.68. The maximum atomic E-state index is 12.3. The summed E-state index contributed by atoms with van der Waals surface area (Å²) in [5.41, 5.74) is 6.90. The summed E-state index contributed by atoms with van der Waals surface area (Å²) in [5, 5.41) is 25.6. The number of nitrogens with two attached hydrogens (primary N) is 1. The van der Waals surface area contributed by atoms with Crippen molar-refractivity contribution in [1.29, 1.82) is 0 Å². The average molecular weight is 443 g/mol. The smallest absolute Gasteiger partial charge is 0.326 e. The van der Waals surface area contributed by atoms with E-state index in [9.17, 15) is 19.2 Å². The number of carboxylic acid groups (broad SMARTS) is 2.